The van der Waals surface area contributed by atoms with Gasteiger partial charge in [-0.25, -0.2) is 0 Å². The monoisotopic (exact) mass is 776 g/mol. The van der Waals surface area contributed by atoms with Gasteiger partial charge in [0.2, 0.25) is 11.8 Å². The maximum atomic E-state index is 12.7. The lowest BCUT2D eigenvalue weighted by atomic mass is 9.81. The second-order valence-corrected chi connectivity index (χ2v) is 18.5. The van der Waals surface area contributed by atoms with Gasteiger partial charge in [-0.1, -0.05) is 47.5 Å². The van der Waals surface area contributed by atoms with Crippen LogP contribution in [0.25, 0.3) is 0 Å². The topological polar surface area (TPSA) is 64.2 Å². The summed E-state index contributed by atoms with van der Waals surface area (Å²) >= 11 is 13.9. The van der Waals surface area contributed by atoms with E-state index in [1.54, 1.807) is 0 Å². The van der Waals surface area contributed by atoms with Crippen LogP contribution >= 0.6 is 35.0 Å². The van der Waals surface area contributed by atoms with Crippen molar-refractivity contribution in [2.75, 3.05) is 89.5 Å². The van der Waals surface area contributed by atoms with Crippen LogP contribution in [0.1, 0.15) is 74.3 Å². The summed E-state index contributed by atoms with van der Waals surface area (Å²) in [6, 6.07) is 16.4. The lowest BCUT2D eigenvalue weighted by Crippen LogP contribution is -2.42. The number of rotatable bonds is 10. The highest BCUT2D eigenvalue weighted by Gasteiger charge is 2.32. The van der Waals surface area contributed by atoms with Gasteiger partial charge in [0.15, 0.2) is 0 Å². The quantitative estimate of drug-likeness (QED) is 0.253. The van der Waals surface area contributed by atoms with Crippen LogP contribution in [0.15, 0.2) is 48.5 Å². The minimum absolute atomic E-state index is 0.0650. The van der Waals surface area contributed by atoms with Gasteiger partial charge in [0.1, 0.15) is 5.75 Å². The van der Waals surface area contributed by atoms with E-state index in [1.165, 1.54) is 43.2 Å². The number of carbonyl (C=O) groups excluding carboxylic acids is 2. The molecule has 2 aromatic rings. The summed E-state index contributed by atoms with van der Waals surface area (Å²) in [6.07, 6.45) is 9.20. The van der Waals surface area contributed by atoms with Gasteiger partial charge in [-0.3, -0.25) is 13.8 Å². The Labute approximate surface area is 323 Å². The van der Waals surface area contributed by atoms with Crippen LogP contribution in [0.2, 0.25) is 10.0 Å². The van der Waals surface area contributed by atoms with Gasteiger partial charge in [0.25, 0.3) is 0 Å². The van der Waals surface area contributed by atoms with Crippen molar-refractivity contribution in [1.82, 2.24) is 19.6 Å². The maximum Gasteiger partial charge on any atom is 0.235 e. The van der Waals surface area contributed by atoms with Crippen molar-refractivity contribution in [2.45, 2.75) is 63.2 Å². The van der Waals surface area contributed by atoms with Crippen molar-refractivity contribution in [3.8, 4) is 0 Å². The van der Waals surface area contributed by atoms with E-state index in [1.807, 2.05) is 40.9 Å². The van der Waals surface area contributed by atoms with Gasteiger partial charge in [0.05, 0.1) is 5.75 Å². The molecule has 0 bridgehead atoms. The molecule has 7 nitrogen and oxygen atoms in total. The third-order valence-corrected chi connectivity index (χ3v) is 14.1. The van der Waals surface area contributed by atoms with Crippen molar-refractivity contribution in [1.29, 1.82) is 0 Å². The van der Waals surface area contributed by atoms with Gasteiger partial charge in [-0.2, -0.15) is 11.8 Å². The molecule has 282 valence electrons. The van der Waals surface area contributed by atoms with E-state index in [0.29, 0.717) is 41.1 Å². The average molecular weight is 778 g/mol. The number of benzene rings is 2. The van der Waals surface area contributed by atoms with Crippen molar-refractivity contribution < 1.29 is 13.8 Å². The number of carbonyl (C=O) groups is 2. The van der Waals surface area contributed by atoms with E-state index >= 15 is 0 Å². The zero-order valence-corrected chi connectivity index (χ0v) is 33.8. The fourth-order valence-electron chi connectivity index (χ4n) is 8.27. The molecular weight excluding hydrogens is 720 g/mol. The first kappa shape index (κ1) is 40.6. The van der Waals surface area contributed by atoms with Gasteiger partial charge in [-0.05, 0) is 143 Å². The number of thioether (sulfide) groups is 1. The zero-order valence-electron chi connectivity index (χ0n) is 30.7. The molecule has 0 saturated carbocycles. The number of halogens is 2. The number of likely N-dealkylation sites (tertiary alicyclic amines) is 4. The van der Waals surface area contributed by atoms with Gasteiger partial charge < -0.3 is 19.6 Å². The summed E-state index contributed by atoms with van der Waals surface area (Å²) in [5, 5.41) is 1.55. The third kappa shape index (κ3) is 12.7. The molecular formula is C40H58Cl2N4O3S2. The molecule has 4 heterocycles. The maximum absolute atomic E-state index is 12.7. The summed E-state index contributed by atoms with van der Waals surface area (Å²) in [4.78, 5) is 33.5. The fraction of sp³-hybridized carbons (Fsp3) is 0.650. The molecule has 4 aliphatic heterocycles. The molecule has 4 saturated heterocycles. The minimum atomic E-state index is -1.11. The van der Waals surface area contributed by atoms with Crippen molar-refractivity contribution in [3.05, 3.63) is 69.7 Å². The van der Waals surface area contributed by atoms with Crippen molar-refractivity contribution in [2.24, 2.45) is 11.8 Å². The van der Waals surface area contributed by atoms with Gasteiger partial charge in [0, 0.05) is 65.9 Å². The predicted molar refractivity (Wildman–Crippen MR) is 216 cm³/mol. The SMILES string of the molecule is CN1CC[C@H](c2ccc(Cl)cc2)[C@@H](CS(=O)CC(=O)N2CCCCC2)C1.CN1CC[C@H](c2ccc(Cl)cc2)[C@@H](CSCC(=O)N2CCCCC2)C1. The largest absolute Gasteiger partial charge is 0.342 e. The molecule has 1 unspecified atom stereocenters. The molecule has 0 radical (unpaired) electrons. The Bertz CT molecular complexity index is 1400. The first-order valence-corrected chi connectivity index (χ1v) is 22.4. The zero-order chi connectivity index (χ0) is 36.2. The minimum Gasteiger partial charge on any atom is -0.342 e. The van der Waals surface area contributed by atoms with Crippen LogP contribution in [-0.4, -0.2) is 125 Å². The number of piperidine rings is 4. The van der Waals surface area contributed by atoms with E-state index in [2.05, 4.69) is 53.1 Å². The normalized spacial score (nSPS) is 25.5. The standard InChI is InChI=1S/C20H29ClN2O2S.C20H29ClN2OS/c1-22-12-9-19(16-5-7-18(21)8-6-16)17(13-22)14-26(25)15-20(24)23-10-3-2-4-11-23;1-22-12-9-19(16-5-7-18(21)8-6-16)17(13-22)14-25-15-20(24)23-10-3-2-4-11-23/h5-8,17,19H,2-4,9-15H2,1H3;5-8,17,19H,2-4,9-15H2,1H3/t17-,19-,26?;17-,19-/m11/s1. The Morgan fingerprint density at radius 3 is 1.63 bits per heavy atom. The summed E-state index contributed by atoms with van der Waals surface area (Å²) < 4.78 is 12.7. The lowest BCUT2D eigenvalue weighted by Gasteiger charge is -2.37. The van der Waals surface area contributed by atoms with Crippen LogP contribution < -0.4 is 0 Å². The Morgan fingerprint density at radius 1 is 0.667 bits per heavy atom. The van der Waals surface area contributed by atoms with E-state index in [9.17, 15) is 13.8 Å². The van der Waals surface area contributed by atoms with E-state index < -0.39 is 10.8 Å². The van der Waals surface area contributed by atoms with Crippen LogP contribution in [0.4, 0.5) is 0 Å². The highest BCUT2D eigenvalue weighted by Crippen LogP contribution is 2.36. The molecule has 51 heavy (non-hydrogen) atoms. The highest BCUT2D eigenvalue weighted by atomic mass is 35.5. The Kier molecular flexibility index (Phi) is 16.5. The molecule has 5 atom stereocenters. The number of hydrogen-bond donors (Lipinski definition) is 0. The molecule has 0 aromatic heterocycles. The first-order chi connectivity index (χ1) is 24.7. The van der Waals surface area contributed by atoms with Crippen molar-refractivity contribution >= 4 is 57.6 Å². The van der Waals surface area contributed by atoms with E-state index in [-0.39, 0.29) is 11.7 Å². The number of hydrogen-bond acceptors (Lipinski definition) is 6. The number of amides is 2. The molecule has 2 aromatic carbocycles. The smallest absolute Gasteiger partial charge is 0.235 e. The molecule has 0 spiro atoms. The molecule has 6 rings (SSSR count). The predicted octanol–water partition coefficient (Wildman–Crippen LogP) is 7.26. The molecule has 4 fully saturated rings. The number of nitrogens with zero attached hydrogens (tertiary/aromatic N) is 4. The summed E-state index contributed by atoms with van der Waals surface area (Å²) in [6.45, 7) is 7.79. The third-order valence-electron chi connectivity index (χ3n) is 11.1. The van der Waals surface area contributed by atoms with Crippen LogP contribution in [-0.2, 0) is 20.4 Å². The second-order valence-electron chi connectivity index (χ2n) is 15.1. The first-order valence-electron chi connectivity index (χ1n) is 19.0. The summed E-state index contributed by atoms with van der Waals surface area (Å²) in [5.41, 5.74) is 2.66. The molecule has 2 amide bonds. The fourth-order valence-corrected chi connectivity index (χ4v) is 11.0. The Balaban J connectivity index is 0.000000198. The average Bonchev–Trinajstić information content (AvgIpc) is 3.14. The Morgan fingerprint density at radius 2 is 1.12 bits per heavy atom. The Hall–Kier alpha value is -1.62. The molecule has 0 aliphatic carbocycles. The lowest BCUT2D eigenvalue weighted by molar-refractivity contribution is -0.130. The van der Waals surface area contributed by atoms with E-state index in [4.69, 9.17) is 23.2 Å². The van der Waals surface area contributed by atoms with Crippen LogP contribution in [0.5, 0.6) is 0 Å². The summed E-state index contributed by atoms with van der Waals surface area (Å²) in [5.74, 6) is 4.72. The van der Waals surface area contributed by atoms with Crippen LogP contribution in [0, 0.1) is 11.8 Å². The molecule has 4 aliphatic rings. The van der Waals surface area contributed by atoms with Crippen LogP contribution in [0.3, 0.4) is 0 Å². The van der Waals surface area contributed by atoms with Gasteiger partial charge in [-0.15, -0.1) is 0 Å². The second kappa shape index (κ2) is 20.7. The molecule has 0 N–H and O–H groups in total. The van der Waals surface area contributed by atoms with E-state index in [0.717, 1.165) is 87.4 Å². The highest BCUT2D eigenvalue weighted by molar-refractivity contribution is 7.99. The molecule has 11 heteroatoms. The van der Waals surface area contributed by atoms with Gasteiger partial charge >= 0.3 is 0 Å². The van der Waals surface area contributed by atoms with Crippen molar-refractivity contribution in [3.63, 3.8) is 0 Å². The summed E-state index contributed by atoms with van der Waals surface area (Å²) in [7, 11) is 3.21.